The maximum atomic E-state index is 13.2. The average Bonchev–Trinajstić information content (AvgIpc) is 3.05. The van der Waals surface area contributed by atoms with Gasteiger partial charge in [-0.3, -0.25) is 14.7 Å². The van der Waals surface area contributed by atoms with E-state index in [1.165, 1.54) is 23.7 Å². The van der Waals surface area contributed by atoms with Crippen LogP contribution in [-0.2, 0) is 0 Å². The van der Waals surface area contributed by atoms with Gasteiger partial charge in [-0.2, -0.15) is 0 Å². The van der Waals surface area contributed by atoms with Crippen LogP contribution in [0.2, 0.25) is 0 Å². The van der Waals surface area contributed by atoms with E-state index < -0.39 is 0 Å². The van der Waals surface area contributed by atoms with Gasteiger partial charge in [0.2, 0.25) is 0 Å². The number of hydrogen-bond donors (Lipinski definition) is 0. The van der Waals surface area contributed by atoms with Gasteiger partial charge in [-0.25, -0.2) is 9.97 Å². The highest BCUT2D eigenvalue weighted by atomic mass is 32.1. The summed E-state index contributed by atoms with van der Waals surface area (Å²) >= 11 is 1.48. The number of benzene rings is 2. The highest BCUT2D eigenvalue weighted by molar-refractivity contribution is 7.22. The number of anilines is 2. The normalized spacial score (nSPS) is 10.8. The second-order valence-corrected chi connectivity index (χ2v) is 7.05. The summed E-state index contributed by atoms with van der Waals surface area (Å²) in [6.45, 7) is 4.03. The molecule has 0 saturated heterocycles. The zero-order chi connectivity index (χ0) is 18.1. The molecule has 2 heterocycles. The topological polar surface area (TPSA) is 59.0 Å². The van der Waals surface area contributed by atoms with Gasteiger partial charge in [0.1, 0.15) is 5.69 Å². The first-order chi connectivity index (χ1) is 12.6. The van der Waals surface area contributed by atoms with E-state index in [9.17, 15) is 4.79 Å². The van der Waals surface area contributed by atoms with Gasteiger partial charge in [0, 0.05) is 12.4 Å². The lowest BCUT2D eigenvalue weighted by atomic mass is 10.1. The molecule has 2 aromatic carbocycles. The van der Waals surface area contributed by atoms with Gasteiger partial charge < -0.3 is 0 Å². The Morgan fingerprint density at radius 1 is 1.04 bits per heavy atom. The van der Waals surface area contributed by atoms with Gasteiger partial charge in [0.05, 0.1) is 22.1 Å². The highest BCUT2D eigenvalue weighted by Gasteiger charge is 2.24. The molecule has 0 radical (unpaired) electrons. The molecule has 0 bridgehead atoms. The molecule has 26 heavy (non-hydrogen) atoms. The molecule has 4 aromatic rings. The molecule has 128 valence electrons. The van der Waals surface area contributed by atoms with Crippen molar-refractivity contribution in [3.63, 3.8) is 0 Å². The van der Waals surface area contributed by atoms with Crippen molar-refractivity contribution in [2.45, 2.75) is 13.8 Å². The third-order valence-corrected chi connectivity index (χ3v) is 4.95. The highest BCUT2D eigenvalue weighted by Crippen LogP contribution is 2.35. The number of hydrogen-bond acceptors (Lipinski definition) is 5. The molecule has 0 unspecified atom stereocenters. The summed E-state index contributed by atoms with van der Waals surface area (Å²) in [5, 5.41) is 0.617. The van der Waals surface area contributed by atoms with Gasteiger partial charge in [-0.1, -0.05) is 29.5 Å². The first-order valence-electron chi connectivity index (χ1n) is 8.16. The Morgan fingerprint density at radius 3 is 2.50 bits per heavy atom. The maximum absolute atomic E-state index is 13.2. The third-order valence-electron chi connectivity index (χ3n) is 3.92. The molecule has 5 nitrogen and oxygen atoms in total. The summed E-state index contributed by atoms with van der Waals surface area (Å²) in [5.41, 5.74) is 4.09. The van der Waals surface area contributed by atoms with Crippen molar-refractivity contribution >= 4 is 38.3 Å². The molecule has 0 aliphatic heterocycles. The Balaban J connectivity index is 1.89. The van der Waals surface area contributed by atoms with E-state index in [2.05, 4.69) is 21.0 Å². The quantitative estimate of drug-likeness (QED) is 0.532. The molecule has 1 amide bonds. The van der Waals surface area contributed by atoms with Crippen LogP contribution in [0.15, 0.2) is 61.1 Å². The standard InChI is InChI=1S/C20H16N4OS/c1-13-9-14(2)11-15(10-13)24(19(25)17-12-21-7-8-22-17)20-23-16-5-3-4-6-18(16)26-20/h3-12H,1-2H3. The minimum Gasteiger partial charge on any atom is -0.266 e. The van der Waals surface area contributed by atoms with Crippen LogP contribution in [0, 0.1) is 13.8 Å². The van der Waals surface area contributed by atoms with Crippen molar-refractivity contribution in [2.24, 2.45) is 0 Å². The number of rotatable bonds is 3. The first kappa shape index (κ1) is 16.4. The zero-order valence-electron chi connectivity index (χ0n) is 14.4. The number of amides is 1. The van der Waals surface area contributed by atoms with E-state index in [1.807, 2.05) is 50.2 Å². The number of para-hydroxylation sites is 1. The Bertz CT molecular complexity index is 1040. The summed E-state index contributed by atoms with van der Waals surface area (Å²) in [6.07, 6.45) is 4.55. The maximum Gasteiger partial charge on any atom is 0.284 e. The van der Waals surface area contributed by atoms with Gasteiger partial charge >= 0.3 is 0 Å². The van der Waals surface area contributed by atoms with Crippen LogP contribution in [0.1, 0.15) is 21.6 Å². The van der Waals surface area contributed by atoms with E-state index >= 15 is 0 Å². The smallest absolute Gasteiger partial charge is 0.266 e. The molecule has 0 saturated carbocycles. The molecule has 2 aromatic heterocycles. The Hall–Kier alpha value is -3.12. The van der Waals surface area contributed by atoms with E-state index in [0.717, 1.165) is 27.0 Å². The van der Waals surface area contributed by atoms with E-state index in [-0.39, 0.29) is 11.6 Å². The lowest BCUT2D eigenvalue weighted by Crippen LogP contribution is -2.27. The minimum atomic E-state index is -0.248. The molecular formula is C20H16N4OS. The number of aryl methyl sites for hydroxylation is 2. The first-order valence-corrected chi connectivity index (χ1v) is 8.98. The Morgan fingerprint density at radius 2 is 1.81 bits per heavy atom. The third kappa shape index (κ3) is 3.07. The number of carbonyl (C=O) groups is 1. The van der Waals surface area contributed by atoms with Crippen molar-refractivity contribution in [2.75, 3.05) is 4.90 Å². The van der Waals surface area contributed by atoms with Crippen LogP contribution in [0.5, 0.6) is 0 Å². The molecule has 0 fully saturated rings. The van der Waals surface area contributed by atoms with Gasteiger partial charge in [-0.05, 0) is 49.2 Å². The summed E-state index contributed by atoms with van der Waals surface area (Å²) in [5.74, 6) is -0.248. The van der Waals surface area contributed by atoms with Crippen molar-refractivity contribution in [3.8, 4) is 0 Å². The molecule has 0 spiro atoms. The summed E-state index contributed by atoms with van der Waals surface area (Å²) in [7, 11) is 0. The number of thiazole rings is 1. The Kier molecular flexibility index (Phi) is 4.18. The summed E-state index contributed by atoms with van der Waals surface area (Å²) in [4.78, 5) is 27.7. The van der Waals surface area contributed by atoms with Crippen LogP contribution in [0.25, 0.3) is 10.2 Å². The van der Waals surface area contributed by atoms with Gasteiger partial charge in [-0.15, -0.1) is 0 Å². The average molecular weight is 360 g/mol. The van der Waals surface area contributed by atoms with Gasteiger partial charge in [0.15, 0.2) is 5.13 Å². The molecular weight excluding hydrogens is 344 g/mol. The molecule has 0 aliphatic carbocycles. The second kappa shape index (κ2) is 6.65. The number of fused-ring (bicyclic) bond motifs is 1. The van der Waals surface area contributed by atoms with Gasteiger partial charge in [0.25, 0.3) is 5.91 Å². The zero-order valence-corrected chi connectivity index (χ0v) is 15.2. The predicted molar refractivity (Wildman–Crippen MR) is 104 cm³/mol. The fourth-order valence-corrected chi connectivity index (χ4v) is 3.86. The molecule has 4 rings (SSSR count). The molecule has 0 N–H and O–H groups in total. The number of carbonyl (C=O) groups excluding carboxylic acids is 1. The van der Waals surface area contributed by atoms with Crippen LogP contribution < -0.4 is 4.90 Å². The fourth-order valence-electron chi connectivity index (χ4n) is 2.87. The predicted octanol–water partition coefficient (Wildman–Crippen LogP) is 4.68. The minimum absolute atomic E-state index is 0.248. The van der Waals surface area contributed by atoms with Crippen molar-refractivity contribution < 1.29 is 4.79 Å². The van der Waals surface area contributed by atoms with E-state index in [1.54, 1.807) is 11.1 Å². The lowest BCUT2D eigenvalue weighted by Gasteiger charge is -2.20. The van der Waals surface area contributed by atoms with Crippen molar-refractivity contribution in [1.29, 1.82) is 0 Å². The molecule has 6 heteroatoms. The number of aromatic nitrogens is 3. The van der Waals surface area contributed by atoms with Crippen molar-refractivity contribution in [1.82, 2.24) is 15.0 Å². The molecule has 0 atom stereocenters. The largest absolute Gasteiger partial charge is 0.284 e. The second-order valence-electron chi connectivity index (χ2n) is 6.04. The Labute approximate surface area is 155 Å². The fraction of sp³-hybridized carbons (Fsp3) is 0.100. The summed E-state index contributed by atoms with van der Waals surface area (Å²) < 4.78 is 1.03. The van der Waals surface area contributed by atoms with Crippen LogP contribution in [0.3, 0.4) is 0 Å². The summed E-state index contributed by atoms with van der Waals surface area (Å²) in [6, 6.07) is 13.9. The lowest BCUT2D eigenvalue weighted by molar-refractivity contribution is 0.0994. The molecule has 0 aliphatic rings. The van der Waals surface area contributed by atoms with Crippen molar-refractivity contribution in [3.05, 3.63) is 77.9 Å². The number of nitrogens with zero attached hydrogens (tertiary/aromatic N) is 4. The monoisotopic (exact) mass is 360 g/mol. The SMILES string of the molecule is Cc1cc(C)cc(N(C(=O)c2cnccn2)c2nc3ccccc3s2)c1. The van der Waals surface area contributed by atoms with Crippen LogP contribution in [0.4, 0.5) is 10.8 Å². The van der Waals surface area contributed by atoms with Crippen LogP contribution in [-0.4, -0.2) is 20.9 Å². The van der Waals surface area contributed by atoms with Crippen LogP contribution >= 0.6 is 11.3 Å². The van der Waals surface area contributed by atoms with E-state index in [0.29, 0.717) is 5.13 Å². The van der Waals surface area contributed by atoms with E-state index in [4.69, 9.17) is 0 Å².